The molecule has 5 atom stereocenters. The van der Waals surface area contributed by atoms with Gasteiger partial charge in [0.05, 0.1) is 6.61 Å². The van der Waals surface area contributed by atoms with Gasteiger partial charge in [-0.15, -0.1) is 0 Å². The summed E-state index contributed by atoms with van der Waals surface area (Å²) >= 11 is 0. The lowest BCUT2D eigenvalue weighted by Gasteiger charge is -2.48. The van der Waals surface area contributed by atoms with E-state index in [1.54, 1.807) is 7.11 Å². The summed E-state index contributed by atoms with van der Waals surface area (Å²) in [5, 5.41) is 9.75. The molecular weight excluding hydrogens is 176 g/mol. The highest BCUT2D eigenvalue weighted by Crippen LogP contribution is 2.31. The fraction of sp³-hybridized carbons (Fsp3) is 1.00. The van der Waals surface area contributed by atoms with Gasteiger partial charge in [-0.3, -0.25) is 0 Å². The van der Waals surface area contributed by atoms with E-state index in [1.807, 2.05) is 0 Å². The fourth-order valence-corrected chi connectivity index (χ4v) is 1.89. The Kier molecular flexibility index (Phi) is 2.53. The molecule has 0 radical (unpaired) electrons. The van der Waals surface area contributed by atoms with Gasteiger partial charge in [0.2, 0.25) is 0 Å². The van der Waals surface area contributed by atoms with Gasteiger partial charge in [-0.1, -0.05) is 0 Å². The molecule has 0 saturated carbocycles. The second-order valence-corrected chi connectivity index (χ2v) is 3.27. The molecule has 3 saturated heterocycles. The van der Waals surface area contributed by atoms with Crippen LogP contribution in [0.4, 0.5) is 0 Å². The minimum atomic E-state index is -0.664. The van der Waals surface area contributed by atoms with Gasteiger partial charge in [-0.05, 0) is 0 Å². The zero-order chi connectivity index (χ0) is 9.42. The van der Waals surface area contributed by atoms with Crippen molar-refractivity contribution in [3.8, 4) is 0 Å². The molecule has 13 heavy (non-hydrogen) atoms. The molecule has 0 aromatic heterocycles. The Balaban J connectivity index is 2.11. The van der Waals surface area contributed by atoms with Crippen LogP contribution in [0.3, 0.4) is 0 Å². The lowest BCUT2D eigenvalue weighted by atomic mass is 9.96. The lowest BCUT2D eigenvalue weighted by molar-refractivity contribution is -0.351. The Morgan fingerprint density at radius 3 is 2.62 bits per heavy atom. The molecule has 2 bridgehead atoms. The summed E-state index contributed by atoms with van der Waals surface area (Å²) in [6.45, 7) is 0.458. The van der Waals surface area contributed by atoms with Crippen LogP contribution in [0.1, 0.15) is 0 Å². The van der Waals surface area contributed by atoms with Crippen molar-refractivity contribution in [3.05, 3.63) is 0 Å². The molecule has 3 aliphatic heterocycles. The Morgan fingerprint density at radius 2 is 2.08 bits per heavy atom. The number of aliphatic hydroxyl groups excluding tert-OH is 1. The van der Waals surface area contributed by atoms with Crippen molar-refractivity contribution in [2.75, 3.05) is 20.8 Å². The summed E-state index contributed by atoms with van der Waals surface area (Å²) in [7, 11) is 3.09. The molecule has 5 unspecified atom stereocenters. The van der Waals surface area contributed by atoms with Crippen molar-refractivity contribution in [3.63, 3.8) is 0 Å². The van der Waals surface area contributed by atoms with E-state index in [2.05, 4.69) is 0 Å². The summed E-state index contributed by atoms with van der Waals surface area (Å²) in [5.41, 5.74) is 0. The number of ether oxygens (including phenoxy) is 4. The van der Waals surface area contributed by atoms with Gasteiger partial charge in [0.25, 0.3) is 0 Å². The molecule has 0 aliphatic carbocycles. The summed E-state index contributed by atoms with van der Waals surface area (Å²) in [5.74, 6) is 0. The first-order valence-corrected chi connectivity index (χ1v) is 4.28. The molecule has 76 valence electrons. The SMILES string of the molecule is COC1OC2COC1C(O)C2OC. The molecule has 0 aromatic rings. The molecule has 1 N–H and O–H groups in total. The number of aliphatic hydroxyl groups is 1. The van der Waals surface area contributed by atoms with Gasteiger partial charge >= 0.3 is 0 Å². The van der Waals surface area contributed by atoms with Gasteiger partial charge in [0, 0.05) is 14.2 Å². The maximum atomic E-state index is 9.75. The van der Waals surface area contributed by atoms with Gasteiger partial charge < -0.3 is 24.1 Å². The third kappa shape index (κ3) is 1.37. The third-order valence-corrected chi connectivity index (χ3v) is 2.57. The van der Waals surface area contributed by atoms with Crippen LogP contribution in [0.2, 0.25) is 0 Å². The van der Waals surface area contributed by atoms with E-state index >= 15 is 0 Å². The van der Waals surface area contributed by atoms with Crippen molar-refractivity contribution in [1.29, 1.82) is 0 Å². The summed E-state index contributed by atoms with van der Waals surface area (Å²) in [6.07, 6.45) is -2.09. The van der Waals surface area contributed by atoms with Crippen molar-refractivity contribution in [2.24, 2.45) is 0 Å². The Hall–Kier alpha value is -0.200. The molecule has 0 amide bonds. The molecule has 5 heteroatoms. The zero-order valence-corrected chi connectivity index (χ0v) is 7.67. The number of methoxy groups -OCH3 is 2. The molecule has 5 nitrogen and oxygen atoms in total. The van der Waals surface area contributed by atoms with Crippen molar-refractivity contribution in [1.82, 2.24) is 0 Å². The predicted octanol–water partition coefficient (Wildman–Crippen LogP) is -0.868. The van der Waals surface area contributed by atoms with Crippen LogP contribution in [0, 0.1) is 0 Å². The van der Waals surface area contributed by atoms with Crippen LogP contribution >= 0.6 is 0 Å². The van der Waals surface area contributed by atoms with Crippen molar-refractivity contribution < 1.29 is 24.1 Å². The van der Waals surface area contributed by atoms with E-state index in [9.17, 15) is 5.11 Å². The fourth-order valence-electron chi connectivity index (χ4n) is 1.89. The van der Waals surface area contributed by atoms with Crippen LogP contribution in [0.5, 0.6) is 0 Å². The number of rotatable bonds is 2. The number of fused-ring (bicyclic) bond motifs is 3. The second kappa shape index (κ2) is 3.51. The maximum Gasteiger partial charge on any atom is 0.186 e. The van der Waals surface area contributed by atoms with Gasteiger partial charge in [-0.2, -0.15) is 0 Å². The molecular formula is C8H14O5. The van der Waals surface area contributed by atoms with Crippen LogP contribution < -0.4 is 0 Å². The van der Waals surface area contributed by atoms with Crippen molar-refractivity contribution >= 4 is 0 Å². The second-order valence-electron chi connectivity index (χ2n) is 3.27. The number of hydrogen-bond donors (Lipinski definition) is 1. The van der Waals surface area contributed by atoms with Gasteiger partial charge in [-0.25, -0.2) is 0 Å². The van der Waals surface area contributed by atoms with E-state index in [4.69, 9.17) is 18.9 Å². The van der Waals surface area contributed by atoms with Crippen LogP contribution in [-0.2, 0) is 18.9 Å². The van der Waals surface area contributed by atoms with Crippen LogP contribution in [0.25, 0.3) is 0 Å². The topological polar surface area (TPSA) is 57.2 Å². The van der Waals surface area contributed by atoms with Gasteiger partial charge in [0.1, 0.15) is 24.4 Å². The van der Waals surface area contributed by atoms with Crippen molar-refractivity contribution in [2.45, 2.75) is 30.7 Å². The predicted molar refractivity (Wildman–Crippen MR) is 42.2 cm³/mol. The lowest BCUT2D eigenvalue weighted by Crippen LogP contribution is -2.65. The van der Waals surface area contributed by atoms with Crippen LogP contribution in [0.15, 0.2) is 0 Å². The molecule has 3 rings (SSSR count). The standard InChI is InChI=1S/C8H14O5/c1-10-6-4-3-12-7(5(6)9)8(11-2)13-4/h4-9H,3H2,1-2H3. The first-order chi connectivity index (χ1) is 6.27. The maximum absolute atomic E-state index is 9.75. The normalized spacial score (nSPS) is 49.6. The molecule has 3 heterocycles. The summed E-state index contributed by atoms with van der Waals surface area (Å²) in [6, 6.07) is 0. The summed E-state index contributed by atoms with van der Waals surface area (Å²) < 4.78 is 21.0. The van der Waals surface area contributed by atoms with E-state index in [-0.39, 0.29) is 12.2 Å². The Morgan fingerprint density at radius 1 is 1.31 bits per heavy atom. The minimum Gasteiger partial charge on any atom is -0.387 e. The van der Waals surface area contributed by atoms with Crippen LogP contribution in [-0.4, -0.2) is 56.6 Å². The smallest absolute Gasteiger partial charge is 0.186 e. The summed E-state index contributed by atoms with van der Waals surface area (Å²) in [4.78, 5) is 0. The Labute approximate surface area is 76.5 Å². The highest BCUT2D eigenvalue weighted by molar-refractivity contribution is 4.95. The first-order valence-electron chi connectivity index (χ1n) is 4.28. The molecule has 0 spiro atoms. The van der Waals surface area contributed by atoms with E-state index in [1.165, 1.54) is 7.11 Å². The van der Waals surface area contributed by atoms with Gasteiger partial charge in [0.15, 0.2) is 6.29 Å². The number of hydrogen-bond acceptors (Lipinski definition) is 5. The zero-order valence-electron chi connectivity index (χ0n) is 7.67. The Bertz CT molecular complexity index is 183. The molecule has 3 fully saturated rings. The minimum absolute atomic E-state index is 0.227. The monoisotopic (exact) mass is 190 g/mol. The average molecular weight is 190 g/mol. The van der Waals surface area contributed by atoms with E-state index < -0.39 is 18.5 Å². The highest BCUT2D eigenvalue weighted by Gasteiger charge is 2.51. The molecule has 0 aromatic carbocycles. The first kappa shape index (κ1) is 9.36. The quantitative estimate of drug-likeness (QED) is 0.613. The van der Waals surface area contributed by atoms with E-state index in [0.717, 1.165) is 0 Å². The highest BCUT2D eigenvalue weighted by atomic mass is 16.7. The average Bonchev–Trinajstić information content (AvgIpc) is 2.18. The largest absolute Gasteiger partial charge is 0.387 e. The molecule has 3 aliphatic rings. The third-order valence-electron chi connectivity index (χ3n) is 2.57. The van der Waals surface area contributed by atoms with E-state index in [0.29, 0.717) is 6.61 Å².